The highest BCUT2D eigenvalue weighted by atomic mass is 32.2. The largest absolute Gasteiger partial charge is 0.744 e. The van der Waals surface area contributed by atoms with Crippen molar-refractivity contribution in [2.75, 3.05) is 5.43 Å². The number of aryl methyl sites for hydroxylation is 1. The highest BCUT2D eigenvalue weighted by molar-refractivity contribution is 7.85. The lowest BCUT2D eigenvalue weighted by Crippen LogP contribution is -1.99. The Morgan fingerprint density at radius 3 is 2.77 bits per heavy atom. The average molecular weight is 335 g/mol. The first kappa shape index (κ1) is 14.7. The average Bonchev–Trinajstić information content (AvgIpc) is 3.01. The maximum atomic E-state index is 10.8. The standard InChI is InChI=1S/C13H12N4O3S2/c1-9-12(17-6-7-21-13(17)15-9)8-14-16-10-2-4-11(5-3-10)22(18,19)20/h2-8,16H,1H3,(H,18,19,20)/p-1/b14-8-. The number of anilines is 1. The number of aromatic nitrogens is 2. The van der Waals surface area contributed by atoms with Gasteiger partial charge in [0.25, 0.3) is 0 Å². The number of hydrogen-bond donors (Lipinski definition) is 1. The summed E-state index contributed by atoms with van der Waals surface area (Å²) in [5, 5.41) is 6.05. The Morgan fingerprint density at radius 1 is 1.36 bits per heavy atom. The number of thiazole rings is 1. The number of nitrogens with one attached hydrogen (secondary N) is 1. The topological polar surface area (TPSA) is 98.9 Å². The highest BCUT2D eigenvalue weighted by Crippen LogP contribution is 2.16. The molecule has 1 aromatic carbocycles. The van der Waals surface area contributed by atoms with Crippen molar-refractivity contribution in [2.24, 2.45) is 5.10 Å². The number of rotatable bonds is 4. The summed E-state index contributed by atoms with van der Waals surface area (Å²) in [5.74, 6) is 0. The second-order valence-electron chi connectivity index (χ2n) is 4.49. The van der Waals surface area contributed by atoms with E-state index in [1.807, 2.05) is 22.9 Å². The number of hydrazone groups is 1. The van der Waals surface area contributed by atoms with Crippen LogP contribution in [-0.2, 0) is 10.1 Å². The van der Waals surface area contributed by atoms with Crippen molar-refractivity contribution >= 4 is 38.3 Å². The molecule has 0 saturated heterocycles. The van der Waals surface area contributed by atoms with Crippen LogP contribution in [0.25, 0.3) is 4.96 Å². The summed E-state index contributed by atoms with van der Waals surface area (Å²) in [6.45, 7) is 1.90. The van der Waals surface area contributed by atoms with E-state index in [-0.39, 0.29) is 4.90 Å². The van der Waals surface area contributed by atoms with Gasteiger partial charge in [0, 0.05) is 11.6 Å². The number of imidazole rings is 1. The molecule has 0 bridgehead atoms. The third-order valence-electron chi connectivity index (χ3n) is 3.01. The van der Waals surface area contributed by atoms with Crippen molar-refractivity contribution in [2.45, 2.75) is 11.8 Å². The summed E-state index contributed by atoms with van der Waals surface area (Å²) in [7, 11) is -4.43. The third kappa shape index (κ3) is 2.86. The van der Waals surface area contributed by atoms with E-state index >= 15 is 0 Å². The van der Waals surface area contributed by atoms with Gasteiger partial charge in [-0.2, -0.15) is 5.10 Å². The molecule has 0 spiro atoms. The minimum atomic E-state index is -4.43. The molecule has 0 atom stereocenters. The maximum Gasteiger partial charge on any atom is 0.194 e. The molecule has 0 aliphatic heterocycles. The minimum absolute atomic E-state index is 0.270. The van der Waals surface area contributed by atoms with Crippen LogP contribution >= 0.6 is 11.3 Å². The number of fused-ring (bicyclic) bond motifs is 1. The molecule has 7 nitrogen and oxygen atoms in total. The number of hydrogen-bond acceptors (Lipinski definition) is 7. The Balaban J connectivity index is 1.77. The second kappa shape index (κ2) is 5.52. The molecular weight excluding hydrogens is 324 g/mol. The van der Waals surface area contributed by atoms with E-state index in [1.165, 1.54) is 35.6 Å². The van der Waals surface area contributed by atoms with Gasteiger partial charge in [-0.1, -0.05) is 0 Å². The van der Waals surface area contributed by atoms with Gasteiger partial charge in [-0.25, -0.2) is 13.4 Å². The molecule has 9 heteroatoms. The fourth-order valence-corrected chi connectivity index (χ4v) is 3.17. The fraction of sp³-hybridized carbons (Fsp3) is 0.0769. The molecule has 1 N–H and O–H groups in total. The van der Waals surface area contributed by atoms with Crippen LogP contribution in [0, 0.1) is 6.92 Å². The molecule has 2 heterocycles. The minimum Gasteiger partial charge on any atom is -0.744 e. The Bertz CT molecular complexity index is 939. The third-order valence-corrected chi connectivity index (χ3v) is 4.61. The summed E-state index contributed by atoms with van der Waals surface area (Å²) >= 11 is 1.54. The van der Waals surface area contributed by atoms with Crippen molar-refractivity contribution in [1.29, 1.82) is 0 Å². The Kier molecular flexibility index (Phi) is 3.69. The van der Waals surface area contributed by atoms with Crippen molar-refractivity contribution in [3.8, 4) is 0 Å². The first-order valence-corrected chi connectivity index (χ1v) is 8.51. The quantitative estimate of drug-likeness (QED) is 0.447. The molecule has 3 rings (SSSR count). The van der Waals surface area contributed by atoms with Crippen LogP contribution in [0.1, 0.15) is 11.4 Å². The van der Waals surface area contributed by atoms with Crippen molar-refractivity contribution < 1.29 is 13.0 Å². The van der Waals surface area contributed by atoms with Crippen LogP contribution in [0.4, 0.5) is 5.69 Å². The lowest BCUT2D eigenvalue weighted by molar-refractivity contribution is 0.463. The maximum absolute atomic E-state index is 10.8. The second-order valence-corrected chi connectivity index (χ2v) is 6.74. The molecule has 114 valence electrons. The number of nitrogens with zero attached hydrogens (tertiary/aromatic N) is 3. The van der Waals surface area contributed by atoms with Gasteiger partial charge in [-0.15, -0.1) is 11.3 Å². The van der Waals surface area contributed by atoms with Crippen molar-refractivity contribution in [3.63, 3.8) is 0 Å². The van der Waals surface area contributed by atoms with E-state index in [2.05, 4.69) is 15.5 Å². The molecule has 0 aliphatic rings. The monoisotopic (exact) mass is 335 g/mol. The Morgan fingerprint density at radius 2 is 2.09 bits per heavy atom. The van der Waals surface area contributed by atoms with Gasteiger partial charge in [-0.05, 0) is 31.2 Å². The summed E-state index contributed by atoms with van der Waals surface area (Å²) in [6, 6.07) is 5.43. The van der Waals surface area contributed by atoms with Crippen LogP contribution in [0.3, 0.4) is 0 Å². The van der Waals surface area contributed by atoms with Gasteiger partial charge in [0.15, 0.2) is 4.96 Å². The van der Waals surface area contributed by atoms with Crippen molar-refractivity contribution in [1.82, 2.24) is 9.38 Å². The molecule has 0 saturated carbocycles. The predicted octanol–water partition coefficient (Wildman–Crippen LogP) is 2.05. The van der Waals surface area contributed by atoms with Gasteiger partial charge < -0.3 is 4.55 Å². The van der Waals surface area contributed by atoms with Crippen molar-refractivity contribution in [3.05, 3.63) is 47.2 Å². The normalized spacial score (nSPS) is 12.3. The molecule has 2 aromatic heterocycles. The van der Waals surface area contributed by atoms with E-state index in [0.717, 1.165) is 16.3 Å². The molecule has 0 fully saturated rings. The smallest absolute Gasteiger partial charge is 0.194 e. The molecule has 0 amide bonds. The summed E-state index contributed by atoms with van der Waals surface area (Å²) < 4.78 is 34.4. The van der Waals surface area contributed by atoms with E-state index < -0.39 is 10.1 Å². The first-order chi connectivity index (χ1) is 10.4. The zero-order valence-electron chi connectivity index (χ0n) is 11.4. The van der Waals surface area contributed by atoms with Gasteiger partial charge in [-0.3, -0.25) is 9.83 Å². The molecule has 0 aliphatic carbocycles. The lowest BCUT2D eigenvalue weighted by Gasteiger charge is -2.07. The fourth-order valence-electron chi connectivity index (χ4n) is 1.93. The molecule has 22 heavy (non-hydrogen) atoms. The predicted molar refractivity (Wildman–Crippen MR) is 83.4 cm³/mol. The Labute approximate surface area is 130 Å². The van der Waals surface area contributed by atoms with Crippen LogP contribution in [0.15, 0.2) is 45.8 Å². The highest BCUT2D eigenvalue weighted by Gasteiger charge is 2.06. The van der Waals surface area contributed by atoms with Gasteiger partial charge in [0.2, 0.25) is 0 Å². The SMILES string of the molecule is Cc1nc2sccn2c1/C=N\Nc1ccc(S(=O)(=O)[O-])cc1. The zero-order valence-corrected chi connectivity index (χ0v) is 13.1. The summed E-state index contributed by atoms with van der Waals surface area (Å²) in [6.07, 6.45) is 3.55. The zero-order chi connectivity index (χ0) is 15.7. The van der Waals surface area contributed by atoms with E-state index in [4.69, 9.17) is 0 Å². The molecule has 3 aromatic rings. The van der Waals surface area contributed by atoms with Crippen LogP contribution < -0.4 is 5.43 Å². The summed E-state index contributed by atoms with van der Waals surface area (Å²) in [5.41, 5.74) is 5.09. The van der Waals surface area contributed by atoms with Crippen LogP contribution in [0.5, 0.6) is 0 Å². The first-order valence-electron chi connectivity index (χ1n) is 6.22. The molecular formula is C13H11N4O3S2-. The van der Waals surface area contributed by atoms with E-state index in [0.29, 0.717) is 5.69 Å². The lowest BCUT2D eigenvalue weighted by atomic mass is 10.3. The van der Waals surface area contributed by atoms with Gasteiger partial charge in [0.1, 0.15) is 10.1 Å². The van der Waals surface area contributed by atoms with Gasteiger partial charge >= 0.3 is 0 Å². The van der Waals surface area contributed by atoms with Gasteiger partial charge in [0.05, 0.1) is 28.2 Å². The summed E-state index contributed by atoms with van der Waals surface area (Å²) in [4.78, 5) is 5.02. The van der Waals surface area contributed by atoms with Crippen LogP contribution in [-0.4, -0.2) is 28.6 Å². The Hall–Kier alpha value is -2.23. The molecule has 0 unspecified atom stereocenters. The van der Waals surface area contributed by atoms with E-state index in [1.54, 1.807) is 6.21 Å². The van der Waals surface area contributed by atoms with E-state index in [9.17, 15) is 13.0 Å². The molecule has 0 radical (unpaired) electrons. The van der Waals surface area contributed by atoms with Crippen LogP contribution in [0.2, 0.25) is 0 Å². The number of benzene rings is 1.